The molecule has 0 unspecified atom stereocenters. The van der Waals surface area contributed by atoms with E-state index in [2.05, 4.69) is 10.6 Å². The molecule has 0 aliphatic rings. The highest BCUT2D eigenvalue weighted by molar-refractivity contribution is 6.39. The van der Waals surface area contributed by atoms with Crippen molar-refractivity contribution in [2.75, 3.05) is 18.5 Å². The van der Waals surface area contributed by atoms with Gasteiger partial charge >= 0.3 is 5.97 Å². The Morgan fingerprint density at radius 3 is 2.39 bits per heavy atom. The molecule has 2 aromatic rings. The van der Waals surface area contributed by atoms with Crippen LogP contribution < -0.4 is 10.6 Å². The smallest absolute Gasteiger partial charge is 0.310 e. The van der Waals surface area contributed by atoms with Crippen molar-refractivity contribution in [2.24, 2.45) is 0 Å². The van der Waals surface area contributed by atoms with Crippen molar-refractivity contribution in [2.45, 2.75) is 51.9 Å². The third-order valence-corrected chi connectivity index (χ3v) is 5.34. The van der Waals surface area contributed by atoms with Gasteiger partial charge in [0.1, 0.15) is 0 Å². The number of halogens is 2. The quantitative estimate of drug-likeness (QED) is 0.269. The van der Waals surface area contributed by atoms with Gasteiger partial charge in [0.15, 0.2) is 0 Å². The molecule has 0 aromatic heterocycles. The van der Waals surface area contributed by atoms with E-state index < -0.39 is 0 Å². The Morgan fingerprint density at radius 1 is 0.935 bits per heavy atom. The van der Waals surface area contributed by atoms with Gasteiger partial charge in [0.25, 0.3) is 0 Å². The maximum absolute atomic E-state index is 12.3. The number of para-hydroxylation sites is 2. The highest BCUT2D eigenvalue weighted by Crippen LogP contribution is 2.33. The molecule has 0 fully saturated rings. The summed E-state index contributed by atoms with van der Waals surface area (Å²) in [4.78, 5) is 23.6. The Labute approximate surface area is 194 Å². The Kier molecular flexibility index (Phi) is 11.3. The molecule has 0 atom stereocenters. The van der Waals surface area contributed by atoms with E-state index >= 15 is 0 Å². The van der Waals surface area contributed by atoms with Gasteiger partial charge in [0.2, 0.25) is 5.91 Å². The topological polar surface area (TPSA) is 67.4 Å². The summed E-state index contributed by atoms with van der Waals surface area (Å²) >= 11 is 12.5. The van der Waals surface area contributed by atoms with Crippen LogP contribution in [0, 0.1) is 0 Å². The molecule has 5 nitrogen and oxygen atoms in total. The molecule has 0 spiro atoms. The molecule has 31 heavy (non-hydrogen) atoms. The van der Waals surface area contributed by atoms with Crippen molar-refractivity contribution in [3.05, 3.63) is 58.1 Å². The maximum atomic E-state index is 12.3. The second-order valence-corrected chi connectivity index (χ2v) is 8.10. The number of carbonyl (C=O) groups excluding carboxylic acids is 2. The van der Waals surface area contributed by atoms with Crippen molar-refractivity contribution < 1.29 is 14.3 Å². The zero-order chi connectivity index (χ0) is 22.5. The minimum absolute atomic E-state index is 0.114. The summed E-state index contributed by atoms with van der Waals surface area (Å²) in [7, 11) is 0. The lowest BCUT2D eigenvalue weighted by atomic mass is 10.1. The first-order valence-corrected chi connectivity index (χ1v) is 11.5. The Morgan fingerprint density at radius 2 is 1.65 bits per heavy atom. The Balaban J connectivity index is 1.71. The van der Waals surface area contributed by atoms with Gasteiger partial charge in [0.05, 0.1) is 28.8 Å². The molecule has 1 amide bonds. The highest BCUT2D eigenvalue weighted by atomic mass is 35.5. The highest BCUT2D eigenvalue weighted by Gasteiger charge is 2.12. The molecule has 2 rings (SSSR count). The first kappa shape index (κ1) is 25.0. The molecule has 2 N–H and O–H groups in total. The standard InChI is InChI=1S/C24H30Cl2N2O3/c1-2-10-22(29)27-15-7-3-4-8-16-31-23(30)17-18-11-5-6-14-21(18)28-24-19(25)12-9-13-20(24)26/h5-6,9,11-14,28H,2-4,7-8,10,15-17H2,1H3,(H,27,29). The SMILES string of the molecule is CCCC(=O)NCCCCCCOC(=O)Cc1ccccc1Nc1c(Cl)cccc1Cl. The zero-order valence-electron chi connectivity index (χ0n) is 17.9. The van der Waals surface area contributed by atoms with Crippen molar-refractivity contribution in [3.8, 4) is 0 Å². The number of hydrogen-bond acceptors (Lipinski definition) is 4. The van der Waals surface area contributed by atoms with Gasteiger partial charge in [0, 0.05) is 18.7 Å². The molecular weight excluding hydrogens is 435 g/mol. The normalized spacial score (nSPS) is 10.5. The molecule has 7 heteroatoms. The van der Waals surface area contributed by atoms with Gasteiger partial charge in [-0.2, -0.15) is 0 Å². The third kappa shape index (κ3) is 9.19. The molecule has 0 aliphatic heterocycles. The second kappa shape index (κ2) is 13.9. The number of nitrogens with one attached hydrogen (secondary N) is 2. The molecular formula is C24H30Cl2N2O3. The summed E-state index contributed by atoms with van der Waals surface area (Å²) in [6.45, 7) is 3.09. The van der Waals surface area contributed by atoms with Crippen LogP contribution in [0.25, 0.3) is 0 Å². The molecule has 0 bridgehead atoms. The molecule has 0 saturated heterocycles. The minimum atomic E-state index is -0.272. The van der Waals surface area contributed by atoms with Crippen LogP contribution in [-0.4, -0.2) is 25.0 Å². The molecule has 0 radical (unpaired) electrons. The molecule has 168 valence electrons. The number of ether oxygens (including phenoxy) is 1. The fourth-order valence-corrected chi connectivity index (χ4v) is 3.56. The fourth-order valence-electron chi connectivity index (χ4n) is 3.06. The lowest BCUT2D eigenvalue weighted by Gasteiger charge is -2.14. The molecule has 0 heterocycles. The number of esters is 1. The summed E-state index contributed by atoms with van der Waals surface area (Å²) in [6.07, 6.45) is 5.31. The van der Waals surface area contributed by atoms with Crippen LogP contribution in [0.3, 0.4) is 0 Å². The van der Waals surface area contributed by atoms with Gasteiger partial charge < -0.3 is 15.4 Å². The minimum Gasteiger partial charge on any atom is -0.465 e. The van der Waals surface area contributed by atoms with E-state index in [0.29, 0.717) is 35.3 Å². The summed E-state index contributed by atoms with van der Waals surface area (Å²) in [5.41, 5.74) is 2.18. The van der Waals surface area contributed by atoms with E-state index in [1.807, 2.05) is 31.2 Å². The van der Waals surface area contributed by atoms with Crippen molar-refractivity contribution in [1.82, 2.24) is 5.32 Å². The van der Waals surface area contributed by atoms with E-state index in [1.54, 1.807) is 18.2 Å². The maximum Gasteiger partial charge on any atom is 0.310 e. The van der Waals surface area contributed by atoms with E-state index in [-0.39, 0.29) is 18.3 Å². The second-order valence-electron chi connectivity index (χ2n) is 7.29. The predicted octanol–water partition coefficient (Wildman–Crippen LogP) is 6.30. The van der Waals surface area contributed by atoms with E-state index in [0.717, 1.165) is 43.4 Å². The van der Waals surface area contributed by atoms with Gasteiger partial charge in [-0.25, -0.2) is 0 Å². The monoisotopic (exact) mass is 464 g/mol. The van der Waals surface area contributed by atoms with Gasteiger partial charge in [-0.05, 0) is 49.4 Å². The van der Waals surface area contributed by atoms with E-state index in [9.17, 15) is 9.59 Å². The Bertz CT molecular complexity index is 838. The zero-order valence-corrected chi connectivity index (χ0v) is 19.4. The van der Waals surface area contributed by atoms with Gasteiger partial charge in [-0.15, -0.1) is 0 Å². The van der Waals surface area contributed by atoms with Crippen molar-refractivity contribution in [1.29, 1.82) is 0 Å². The summed E-state index contributed by atoms with van der Waals surface area (Å²) < 4.78 is 5.39. The number of anilines is 2. The number of unbranched alkanes of at least 4 members (excludes halogenated alkanes) is 3. The summed E-state index contributed by atoms with van der Waals surface area (Å²) in [5.74, 6) is -0.158. The van der Waals surface area contributed by atoms with Crippen LogP contribution in [0.1, 0.15) is 51.0 Å². The van der Waals surface area contributed by atoms with E-state index in [4.69, 9.17) is 27.9 Å². The largest absolute Gasteiger partial charge is 0.465 e. The third-order valence-electron chi connectivity index (χ3n) is 4.71. The molecule has 0 saturated carbocycles. The first-order valence-electron chi connectivity index (χ1n) is 10.7. The van der Waals surface area contributed by atoms with Crippen LogP contribution in [0.4, 0.5) is 11.4 Å². The van der Waals surface area contributed by atoms with Gasteiger partial charge in [-0.1, -0.05) is 60.8 Å². The Hall–Kier alpha value is -2.24. The number of hydrogen-bond donors (Lipinski definition) is 2. The lowest BCUT2D eigenvalue weighted by Crippen LogP contribution is -2.23. The van der Waals surface area contributed by atoms with Crippen LogP contribution in [0.15, 0.2) is 42.5 Å². The molecule has 2 aromatic carbocycles. The van der Waals surface area contributed by atoms with Crippen molar-refractivity contribution >= 4 is 46.5 Å². The predicted molar refractivity (Wildman–Crippen MR) is 127 cm³/mol. The van der Waals surface area contributed by atoms with E-state index in [1.165, 1.54) is 0 Å². The molecule has 0 aliphatic carbocycles. The summed E-state index contributed by atoms with van der Waals surface area (Å²) in [6, 6.07) is 12.8. The average molecular weight is 465 g/mol. The fraction of sp³-hybridized carbons (Fsp3) is 0.417. The lowest BCUT2D eigenvalue weighted by molar-refractivity contribution is -0.143. The van der Waals surface area contributed by atoms with Crippen LogP contribution in [-0.2, 0) is 20.7 Å². The number of amides is 1. The number of carbonyl (C=O) groups is 2. The average Bonchev–Trinajstić information content (AvgIpc) is 2.74. The number of benzene rings is 2. The van der Waals surface area contributed by atoms with Crippen molar-refractivity contribution in [3.63, 3.8) is 0 Å². The van der Waals surface area contributed by atoms with Crippen LogP contribution in [0.5, 0.6) is 0 Å². The number of rotatable bonds is 13. The van der Waals surface area contributed by atoms with Crippen LogP contribution in [0.2, 0.25) is 10.0 Å². The summed E-state index contributed by atoms with van der Waals surface area (Å²) in [5, 5.41) is 7.15. The first-order chi connectivity index (χ1) is 15.0. The van der Waals surface area contributed by atoms with Crippen LogP contribution >= 0.6 is 23.2 Å². The van der Waals surface area contributed by atoms with Gasteiger partial charge in [-0.3, -0.25) is 9.59 Å².